The molecule has 1 amide bonds. The van der Waals surface area contributed by atoms with E-state index in [4.69, 9.17) is 5.73 Å². The van der Waals surface area contributed by atoms with Crippen LogP contribution in [0, 0.1) is 0 Å². The molecule has 0 radical (unpaired) electrons. The number of rotatable bonds is 3. The molecule has 0 aliphatic carbocycles. The van der Waals surface area contributed by atoms with E-state index >= 15 is 0 Å². The van der Waals surface area contributed by atoms with Crippen LogP contribution in [-0.4, -0.2) is 22.8 Å². The quantitative estimate of drug-likeness (QED) is 0.946. The van der Waals surface area contributed by atoms with Gasteiger partial charge in [0.2, 0.25) is 0 Å². The van der Waals surface area contributed by atoms with Gasteiger partial charge < -0.3 is 10.6 Å². The van der Waals surface area contributed by atoms with Crippen molar-refractivity contribution in [1.82, 2.24) is 9.88 Å². The highest BCUT2D eigenvalue weighted by Gasteiger charge is 2.14. The number of carbonyl (C=O) groups is 1. The Morgan fingerprint density at radius 2 is 2.05 bits per heavy atom. The lowest BCUT2D eigenvalue weighted by Crippen LogP contribution is -2.27. The van der Waals surface area contributed by atoms with Crippen LogP contribution in [0.25, 0.3) is 0 Å². The first-order chi connectivity index (χ1) is 9.08. The molecule has 0 spiro atoms. The molecule has 0 saturated heterocycles. The summed E-state index contributed by atoms with van der Waals surface area (Å²) in [6.07, 6.45) is 1.49. The maximum Gasteiger partial charge on any atom is 0.272 e. The lowest BCUT2D eigenvalue weighted by molar-refractivity contribution is 0.0779. The number of hydrogen-bond acceptors (Lipinski definition) is 3. The van der Waals surface area contributed by atoms with Crippen molar-refractivity contribution >= 4 is 27.5 Å². The van der Waals surface area contributed by atoms with Gasteiger partial charge in [0.05, 0.1) is 11.9 Å². The number of pyridine rings is 1. The van der Waals surface area contributed by atoms with Crippen molar-refractivity contribution in [2.24, 2.45) is 0 Å². The molecule has 5 heteroatoms. The summed E-state index contributed by atoms with van der Waals surface area (Å²) < 4.78 is 0.986. The third-order valence-corrected chi connectivity index (χ3v) is 3.49. The molecule has 0 unspecified atom stereocenters. The van der Waals surface area contributed by atoms with Gasteiger partial charge in [-0.1, -0.05) is 34.1 Å². The maximum absolute atomic E-state index is 12.2. The third kappa shape index (κ3) is 3.32. The lowest BCUT2D eigenvalue weighted by atomic mass is 10.2. The van der Waals surface area contributed by atoms with E-state index in [1.54, 1.807) is 24.1 Å². The molecule has 0 saturated carbocycles. The van der Waals surface area contributed by atoms with Gasteiger partial charge in [0, 0.05) is 18.1 Å². The summed E-state index contributed by atoms with van der Waals surface area (Å²) in [5.74, 6) is -0.129. The highest BCUT2D eigenvalue weighted by atomic mass is 79.9. The average Bonchev–Trinajstić information content (AvgIpc) is 2.41. The monoisotopic (exact) mass is 319 g/mol. The smallest absolute Gasteiger partial charge is 0.272 e. The van der Waals surface area contributed by atoms with E-state index in [1.165, 1.54) is 6.20 Å². The maximum atomic E-state index is 12.2. The van der Waals surface area contributed by atoms with Gasteiger partial charge in [0.25, 0.3) is 5.91 Å². The summed E-state index contributed by atoms with van der Waals surface area (Å²) in [4.78, 5) is 17.8. The summed E-state index contributed by atoms with van der Waals surface area (Å²) in [5, 5.41) is 0. The molecule has 0 aliphatic rings. The minimum absolute atomic E-state index is 0.129. The predicted octanol–water partition coefficient (Wildman–Crippen LogP) is 2.70. The number of halogens is 1. The van der Waals surface area contributed by atoms with Crippen LogP contribution < -0.4 is 5.73 Å². The average molecular weight is 320 g/mol. The van der Waals surface area contributed by atoms with Crippen LogP contribution in [-0.2, 0) is 6.54 Å². The second-order valence-corrected chi connectivity index (χ2v) is 5.08. The lowest BCUT2D eigenvalue weighted by Gasteiger charge is -2.17. The normalized spacial score (nSPS) is 10.2. The number of nitrogens with zero attached hydrogens (tertiary/aromatic N) is 2. The topological polar surface area (TPSA) is 59.2 Å². The van der Waals surface area contributed by atoms with Gasteiger partial charge in [0.15, 0.2) is 0 Å². The van der Waals surface area contributed by atoms with E-state index in [1.807, 2.05) is 24.3 Å². The summed E-state index contributed by atoms with van der Waals surface area (Å²) in [5.41, 5.74) is 7.54. The minimum atomic E-state index is -0.129. The highest BCUT2D eigenvalue weighted by molar-refractivity contribution is 9.10. The van der Waals surface area contributed by atoms with Gasteiger partial charge >= 0.3 is 0 Å². The van der Waals surface area contributed by atoms with Gasteiger partial charge in [-0.15, -0.1) is 0 Å². The van der Waals surface area contributed by atoms with Crippen molar-refractivity contribution in [3.63, 3.8) is 0 Å². The van der Waals surface area contributed by atoms with E-state index in [0.717, 1.165) is 10.0 Å². The molecule has 0 atom stereocenters. The van der Waals surface area contributed by atoms with Gasteiger partial charge in [-0.05, 0) is 23.8 Å². The predicted molar refractivity (Wildman–Crippen MR) is 78.6 cm³/mol. The molecule has 2 N–H and O–H groups in total. The van der Waals surface area contributed by atoms with Crippen LogP contribution in [0.4, 0.5) is 5.69 Å². The number of nitrogens with two attached hydrogens (primary N) is 1. The summed E-state index contributed by atoms with van der Waals surface area (Å²) in [6.45, 7) is 0.520. The Morgan fingerprint density at radius 1 is 1.32 bits per heavy atom. The second kappa shape index (κ2) is 5.84. The molecule has 2 aromatic rings. The molecule has 1 heterocycles. The van der Waals surface area contributed by atoms with Crippen molar-refractivity contribution in [3.8, 4) is 0 Å². The van der Waals surface area contributed by atoms with Crippen LogP contribution in [0.2, 0.25) is 0 Å². The van der Waals surface area contributed by atoms with Crippen molar-refractivity contribution < 1.29 is 4.79 Å². The summed E-state index contributed by atoms with van der Waals surface area (Å²) in [6, 6.07) is 11.1. The van der Waals surface area contributed by atoms with Crippen LogP contribution >= 0.6 is 15.9 Å². The fourth-order valence-corrected chi connectivity index (χ4v) is 2.09. The first kappa shape index (κ1) is 13.5. The Bertz CT molecular complexity index is 583. The van der Waals surface area contributed by atoms with E-state index in [0.29, 0.717) is 17.9 Å². The number of benzene rings is 1. The zero-order valence-corrected chi connectivity index (χ0v) is 12.1. The van der Waals surface area contributed by atoms with Gasteiger partial charge in [-0.25, -0.2) is 4.98 Å². The van der Waals surface area contributed by atoms with Gasteiger partial charge in [0.1, 0.15) is 5.69 Å². The first-order valence-corrected chi connectivity index (χ1v) is 6.57. The molecule has 0 aliphatic heterocycles. The number of aromatic nitrogens is 1. The largest absolute Gasteiger partial charge is 0.397 e. The number of hydrogen-bond donors (Lipinski definition) is 1. The van der Waals surface area contributed by atoms with Crippen molar-refractivity contribution in [2.45, 2.75) is 6.54 Å². The van der Waals surface area contributed by atoms with Crippen molar-refractivity contribution in [3.05, 3.63) is 58.3 Å². The summed E-state index contributed by atoms with van der Waals surface area (Å²) in [7, 11) is 1.75. The zero-order chi connectivity index (χ0) is 13.8. The van der Waals surface area contributed by atoms with E-state index in [9.17, 15) is 4.79 Å². The molecule has 0 bridgehead atoms. The van der Waals surface area contributed by atoms with Gasteiger partial charge in [-0.2, -0.15) is 0 Å². The molecule has 2 rings (SSSR count). The van der Waals surface area contributed by atoms with E-state index < -0.39 is 0 Å². The van der Waals surface area contributed by atoms with Crippen LogP contribution in [0.15, 0.2) is 47.1 Å². The first-order valence-electron chi connectivity index (χ1n) is 5.78. The molecular weight excluding hydrogens is 306 g/mol. The third-order valence-electron chi connectivity index (χ3n) is 2.72. The molecule has 19 heavy (non-hydrogen) atoms. The zero-order valence-electron chi connectivity index (χ0n) is 10.5. The molecule has 0 fully saturated rings. The molecule has 1 aromatic heterocycles. The summed E-state index contributed by atoms with van der Waals surface area (Å²) >= 11 is 3.47. The van der Waals surface area contributed by atoms with Crippen molar-refractivity contribution in [2.75, 3.05) is 12.8 Å². The molecule has 4 nitrogen and oxygen atoms in total. The number of carbonyl (C=O) groups excluding carboxylic acids is 1. The minimum Gasteiger partial charge on any atom is -0.397 e. The van der Waals surface area contributed by atoms with Crippen molar-refractivity contribution in [1.29, 1.82) is 0 Å². The van der Waals surface area contributed by atoms with Crippen LogP contribution in [0.5, 0.6) is 0 Å². The number of nitrogen functional groups attached to an aromatic ring is 1. The second-order valence-electron chi connectivity index (χ2n) is 4.23. The SMILES string of the molecule is CN(Cc1ccccc1Br)C(=O)c1ccc(N)cn1. The Labute approximate surface area is 120 Å². The standard InChI is InChI=1S/C14H14BrN3O/c1-18(9-10-4-2-3-5-12(10)15)14(19)13-7-6-11(16)8-17-13/h2-8H,9,16H2,1H3. The Kier molecular flexibility index (Phi) is 4.16. The van der Waals surface area contributed by atoms with Crippen LogP contribution in [0.1, 0.15) is 16.1 Å². The van der Waals surface area contributed by atoms with E-state index in [2.05, 4.69) is 20.9 Å². The number of anilines is 1. The Morgan fingerprint density at radius 3 is 2.68 bits per heavy atom. The Balaban J connectivity index is 2.12. The number of amides is 1. The molecule has 1 aromatic carbocycles. The Hall–Kier alpha value is -1.88. The van der Waals surface area contributed by atoms with E-state index in [-0.39, 0.29) is 5.91 Å². The van der Waals surface area contributed by atoms with Gasteiger partial charge in [-0.3, -0.25) is 4.79 Å². The molecule has 98 valence electrons. The fraction of sp³-hybridized carbons (Fsp3) is 0.143. The van der Waals surface area contributed by atoms with Crippen LogP contribution in [0.3, 0.4) is 0 Å². The molecular formula is C14H14BrN3O. The highest BCUT2D eigenvalue weighted by Crippen LogP contribution is 2.18. The fourth-order valence-electron chi connectivity index (χ4n) is 1.68.